The lowest BCUT2D eigenvalue weighted by molar-refractivity contribution is -0.256. The zero-order chi connectivity index (χ0) is 31.9. The molecule has 0 radical (unpaired) electrons. The van der Waals surface area contributed by atoms with Crippen LogP contribution in [0.5, 0.6) is 0 Å². The van der Waals surface area contributed by atoms with E-state index in [4.69, 9.17) is 42.0 Å². The highest BCUT2D eigenvalue weighted by molar-refractivity contribution is 6.74. The molecule has 0 amide bonds. The molecule has 0 spiro atoms. The third kappa shape index (κ3) is 8.05. The van der Waals surface area contributed by atoms with Crippen molar-refractivity contribution in [3.05, 3.63) is 0 Å². The van der Waals surface area contributed by atoms with Gasteiger partial charge in [-0.3, -0.25) is 0 Å². The smallest absolute Gasteiger partial charge is 0.192 e. The maximum absolute atomic E-state index is 10.9. The molecule has 248 valence electrons. The van der Waals surface area contributed by atoms with Crippen LogP contribution in [-0.2, 0) is 42.0 Å². The van der Waals surface area contributed by atoms with Crippen LogP contribution in [0.2, 0.25) is 36.3 Å². The van der Waals surface area contributed by atoms with Gasteiger partial charge in [0.05, 0.1) is 31.5 Å². The Kier molecular flexibility index (Phi) is 11.7. The molecule has 12 heteroatoms. The van der Waals surface area contributed by atoms with Gasteiger partial charge in [0.25, 0.3) is 0 Å². The molecule has 0 bridgehead atoms. The van der Waals surface area contributed by atoms with Gasteiger partial charge in [-0.15, -0.1) is 0 Å². The number of ether oxygens (including phenoxy) is 7. The minimum atomic E-state index is -2.30. The van der Waals surface area contributed by atoms with E-state index in [9.17, 15) is 5.11 Å². The highest BCUT2D eigenvalue weighted by Crippen LogP contribution is 2.45. The molecule has 3 aliphatic heterocycles. The largest absolute Gasteiger partial charge is 0.414 e. The summed E-state index contributed by atoms with van der Waals surface area (Å²) in [6.07, 6.45) is -2.88. The number of methoxy groups -OCH3 is 2. The summed E-state index contributed by atoms with van der Waals surface area (Å²) in [5.41, 5.74) is 0. The summed E-state index contributed by atoms with van der Waals surface area (Å²) >= 11 is 0. The summed E-state index contributed by atoms with van der Waals surface area (Å²) in [5.74, 6) is -1.12. The Bertz CT molecular complexity index is 871. The monoisotopic (exact) mass is 636 g/mol. The van der Waals surface area contributed by atoms with Gasteiger partial charge in [0.1, 0.15) is 31.2 Å². The van der Waals surface area contributed by atoms with Crippen LogP contribution in [0.3, 0.4) is 0 Å². The average molecular weight is 637 g/mol. The van der Waals surface area contributed by atoms with Crippen LogP contribution in [0.4, 0.5) is 0 Å². The van der Waals surface area contributed by atoms with Gasteiger partial charge in [-0.05, 0) is 50.1 Å². The first-order valence-corrected chi connectivity index (χ1v) is 21.2. The first-order chi connectivity index (χ1) is 19.2. The molecule has 9 atom stereocenters. The molecule has 42 heavy (non-hydrogen) atoms. The lowest BCUT2D eigenvalue weighted by Crippen LogP contribution is -2.63. The van der Waals surface area contributed by atoms with Gasteiger partial charge >= 0.3 is 0 Å². The molecule has 0 unspecified atom stereocenters. The molecule has 3 saturated heterocycles. The number of hydrogen-bond donors (Lipinski definition) is 1. The maximum atomic E-state index is 10.9. The van der Waals surface area contributed by atoms with Crippen LogP contribution in [0, 0.1) is 5.92 Å². The molecule has 0 aromatic heterocycles. The number of fused-ring (bicyclic) bond motifs is 1. The number of aliphatic hydroxyl groups is 1. The maximum Gasteiger partial charge on any atom is 0.192 e. The molecule has 0 aromatic carbocycles. The molecule has 0 saturated carbocycles. The Balaban J connectivity index is 1.97. The topological polar surface area (TPSA) is 103 Å². The molecule has 1 N–H and O–H groups in total. The molecule has 3 rings (SSSR count). The van der Waals surface area contributed by atoms with Crippen LogP contribution >= 0.6 is 0 Å². The van der Waals surface area contributed by atoms with Crippen LogP contribution in [0.25, 0.3) is 0 Å². The van der Waals surface area contributed by atoms with Crippen molar-refractivity contribution in [1.82, 2.24) is 0 Å². The van der Waals surface area contributed by atoms with Crippen molar-refractivity contribution < 1.29 is 47.1 Å². The number of aliphatic hydroxyl groups excluding tert-OH is 1. The molecule has 3 heterocycles. The second kappa shape index (κ2) is 13.4. The normalized spacial score (nSPS) is 35.9. The van der Waals surface area contributed by atoms with Crippen molar-refractivity contribution >= 4 is 16.6 Å². The Labute approximate surface area is 256 Å². The first kappa shape index (κ1) is 36.5. The second-order valence-corrected chi connectivity index (χ2v) is 25.2. The third-order valence-corrected chi connectivity index (χ3v) is 19.0. The highest BCUT2D eigenvalue weighted by atomic mass is 28.4. The van der Waals surface area contributed by atoms with E-state index in [2.05, 4.69) is 67.7 Å². The summed E-state index contributed by atoms with van der Waals surface area (Å²) in [5, 5.41) is 10.9. The number of hydrogen-bond acceptors (Lipinski definition) is 10. The highest BCUT2D eigenvalue weighted by Gasteiger charge is 2.58. The molecule has 3 fully saturated rings. The molecule has 10 nitrogen and oxygen atoms in total. The zero-order valence-electron chi connectivity index (χ0n) is 28.6. The van der Waals surface area contributed by atoms with E-state index in [1.807, 2.05) is 13.8 Å². The Morgan fingerprint density at radius 1 is 0.786 bits per heavy atom. The van der Waals surface area contributed by atoms with Crippen LogP contribution in [-0.4, -0.2) is 111 Å². The zero-order valence-corrected chi connectivity index (χ0v) is 30.6. The first-order valence-electron chi connectivity index (χ1n) is 15.4. The van der Waals surface area contributed by atoms with Gasteiger partial charge in [-0.1, -0.05) is 41.5 Å². The predicted molar refractivity (Wildman–Crippen MR) is 165 cm³/mol. The van der Waals surface area contributed by atoms with Gasteiger partial charge in [-0.2, -0.15) is 0 Å². The van der Waals surface area contributed by atoms with Crippen LogP contribution in [0.1, 0.15) is 61.8 Å². The van der Waals surface area contributed by atoms with E-state index < -0.39 is 53.1 Å². The quantitative estimate of drug-likeness (QED) is 0.231. The molecule has 0 aliphatic carbocycles. The van der Waals surface area contributed by atoms with Crippen LogP contribution in [0.15, 0.2) is 0 Å². The Hall–Kier alpha value is 0.0338. The van der Waals surface area contributed by atoms with Crippen molar-refractivity contribution in [2.75, 3.05) is 34.2 Å². The van der Waals surface area contributed by atoms with E-state index in [1.165, 1.54) is 0 Å². The molecular weight excluding hydrogens is 576 g/mol. The van der Waals surface area contributed by atoms with Gasteiger partial charge < -0.3 is 47.1 Å². The van der Waals surface area contributed by atoms with Gasteiger partial charge in [0.15, 0.2) is 28.7 Å². The fourth-order valence-corrected chi connectivity index (χ4v) is 7.79. The minimum Gasteiger partial charge on any atom is -0.414 e. The van der Waals surface area contributed by atoms with Crippen LogP contribution < -0.4 is 0 Å². The Morgan fingerprint density at radius 3 is 1.90 bits per heavy atom. The van der Waals surface area contributed by atoms with Gasteiger partial charge in [0.2, 0.25) is 0 Å². The summed E-state index contributed by atoms with van der Waals surface area (Å²) < 4.78 is 56.7. The second-order valence-electron chi connectivity index (χ2n) is 15.6. The van der Waals surface area contributed by atoms with Crippen molar-refractivity contribution in [2.24, 2.45) is 5.92 Å². The van der Waals surface area contributed by atoms with Crippen molar-refractivity contribution in [1.29, 1.82) is 0 Å². The predicted octanol–water partition coefficient (Wildman–Crippen LogP) is 5.05. The van der Waals surface area contributed by atoms with E-state index >= 15 is 0 Å². The van der Waals surface area contributed by atoms with Crippen molar-refractivity contribution in [2.45, 2.75) is 153 Å². The third-order valence-electron chi connectivity index (χ3n) is 9.98. The van der Waals surface area contributed by atoms with Gasteiger partial charge in [-0.25, -0.2) is 0 Å². The summed E-state index contributed by atoms with van der Waals surface area (Å²) in [7, 11) is -1.19. The fourth-order valence-electron chi connectivity index (χ4n) is 5.43. The SMILES string of the molecule is COCO[C@@H]1[C@H](O[Si](C)(C)C(C)(C)C)[C@@H](CO)[C@@H](C[C@H]2O[C@@H](OC)[C@@H]3OC(C)(C)O[C@@H]32)O[C@@H]1CO[Si](C)(C)C(C)(C)C. The lowest BCUT2D eigenvalue weighted by atomic mass is 9.84. The van der Waals surface area contributed by atoms with Crippen molar-refractivity contribution in [3.63, 3.8) is 0 Å². The molecule has 3 aliphatic rings. The lowest BCUT2D eigenvalue weighted by Gasteiger charge is -2.51. The van der Waals surface area contributed by atoms with Crippen molar-refractivity contribution in [3.8, 4) is 0 Å². The fraction of sp³-hybridized carbons (Fsp3) is 1.00. The average Bonchev–Trinajstić information content (AvgIpc) is 3.33. The number of rotatable bonds is 12. The van der Waals surface area contributed by atoms with E-state index in [0.29, 0.717) is 13.0 Å². The Morgan fingerprint density at radius 2 is 1.38 bits per heavy atom. The minimum absolute atomic E-state index is 0.0309. The van der Waals surface area contributed by atoms with E-state index in [0.717, 1.165) is 0 Å². The standard InChI is InChI=1S/C30H60O10Si2/c1-28(2,3)41(11,12)35-17-22-24(34-18-32-9)23(40-42(13,14)29(4,5)6)19(16-31)20(36-22)15-21-25-26(27(33-10)37-21)39-30(7,8)38-25/h19-27,31H,15-18H2,1-14H3/t19-,20+,21+,22+,23+,24-,25+,26+,27+/m0/s1. The van der Waals surface area contributed by atoms with Gasteiger partial charge in [0, 0.05) is 26.6 Å². The van der Waals surface area contributed by atoms with E-state index in [1.54, 1.807) is 14.2 Å². The summed E-state index contributed by atoms with van der Waals surface area (Å²) in [6, 6.07) is 0. The molecule has 0 aromatic rings. The summed E-state index contributed by atoms with van der Waals surface area (Å²) in [4.78, 5) is 0. The van der Waals surface area contributed by atoms with E-state index in [-0.39, 0.29) is 47.7 Å². The summed E-state index contributed by atoms with van der Waals surface area (Å²) in [6.45, 7) is 26.3. The molecular formula is C30H60O10Si2.